The van der Waals surface area contributed by atoms with Gasteiger partial charge >= 0.3 is 0 Å². The minimum absolute atomic E-state index is 0.0511. The second-order valence-electron chi connectivity index (χ2n) is 12.0. The van der Waals surface area contributed by atoms with Crippen LogP contribution in [-0.2, 0) is 13.1 Å². The second kappa shape index (κ2) is 11.5. The summed E-state index contributed by atoms with van der Waals surface area (Å²) in [6.45, 7) is 6.17. The number of hydrogen-bond donors (Lipinski definition) is 1. The van der Waals surface area contributed by atoms with Crippen LogP contribution in [0.1, 0.15) is 29.8 Å². The van der Waals surface area contributed by atoms with Crippen LogP contribution in [0.2, 0.25) is 0 Å². The van der Waals surface area contributed by atoms with E-state index in [0.717, 1.165) is 35.3 Å². The largest absolute Gasteiger partial charge is 0.507 e. The first kappa shape index (κ1) is 28.6. The van der Waals surface area contributed by atoms with Gasteiger partial charge in [0.25, 0.3) is 0 Å². The maximum atomic E-state index is 13.1. The van der Waals surface area contributed by atoms with Gasteiger partial charge < -0.3 is 14.2 Å². The van der Waals surface area contributed by atoms with Gasteiger partial charge in [-0.2, -0.15) is 0 Å². The summed E-state index contributed by atoms with van der Waals surface area (Å²) in [5, 5.41) is 15.8. The molecule has 0 unspecified atom stereocenters. The molecule has 0 saturated carbocycles. The fourth-order valence-corrected chi connectivity index (χ4v) is 7.10. The number of nitrogens with zero attached hydrogens (tertiary/aromatic N) is 2. The molecule has 0 spiro atoms. The summed E-state index contributed by atoms with van der Waals surface area (Å²) >= 11 is 0. The second-order valence-corrected chi connectivity index (χ2v) is 12.0. The van der Waals surface area contributed by atoms with Crippen LogP contribution in [0.5, 0.6) is 0 Å². The minimum Gasteiger partial charge on any atom is -0.507 e. The number of rotatable bonds is 7. The SMILES string of the molecule is CCn1c2ccccc2c2cc(-c3ccc(C(=O)C=C(O)c4ccc(-c5ccc6c(c5)c5ccccc5n6CC)cc4)cc3)ccc21. The Bertz CT molecular complexity index is 2490. The van der Waals surface area contributed by atoms with Crippen molar-refractivity contribution in [3.63, 3.8) is 0 Å². The predicted molar refractivity (Wildman–Crippen MR) is 196 cm³/mol. The number of aryl methyl sites for hydroxylation is 2. The molecule has 8 aromatic rings. The van der Waals surface area contributed by atoms with Gasteiger partial charge in [0.2, 0.25) is 0 Å². The van der Waals surface area contributed by atoms with Crippen molar-refractivity contribution in [1.29, 1.82) is 0 Å². The van der Waals surface area contributed by atoms with Crippen LogP contribution in [0.25, 0.3) is 71.6 Å². The molecule has 0 atom stereocenters. The summed E-state index contributed by atoms with van der Waals surface area (Å²) in [4.78, 5) is 13.1. The van der Waals surface area contributed by atoms with Crippen molar-refractivity contribution in [3.05, 3.63) is 151 Å². The van der Waals surface area contributed by atoms with Crippen molar-refractivity contribution < 1.29 is 9.90 Å². The Morgan fingerprint density at radius 2 is 0.915 bits per heavy atom. The van der Waals surface area contributed by atoms with Gasteiger partial charge in [0.1, 0.15) is 5.76 Å². The van der Waals surface area contributed by atoms with E-state index < -0.39 is 0 Å². The summed E-state index contributed by atoms with van der Waals surface area (Å²) in [5.41, 5.74) is 10.4. The Morgan fingerprint density at radius 3 is 1.38 bits per heavy atom. The Labute approximate surface area is 273 Å². The molecule has 228 valence electrons. The Hall–Kier alpha value is -5.87. The number of aromatic nitrogens is 2. The number of hydrogen-bond acceptors (Lipinski definition) is 2. The maximum Gasteiger partial charge on any atom is 0.189 e. The van der Waals surface area contributed by atoms with E-state index in [0.29, 0.717) is 11.1 Å². The van der Waals surface area contributed by atoms with Crippen LogP contribution in [0.15, 0.2) is 140 Å². The van der Waals surface area contributed by atoms with Gasteiger partial charge in [-0.05, 0) is 72.5 Å². The Balaban J connectivity index is 1.03. The molecule has 1 N–H and O–H groups in total. The van der Waals surface area contributed by atoms with Crippen molar-refractivity contribution in [2.45, 2.75) is 26.9 Å². The van der Waals surface area contributed by atoms with Gasteiger partial charge in [-0.1, -0.05) is 97.1 Å². The van der Waals surface area contributed by atoms with Crippen molar-refractivity contribution in [1.82, 2.24) is 9.13 Å². The molecule has 47 heavy (non-hydrogen) atoms. The fraction of sp³-hybridized carbons (Fsp3) is 0.0930. The molecular weight excluding hydrogens is 576 g/mol. The smallest absolute Gasteiger partial charge is 0.189 e. The summed E-state index contributed by atoms with van der Waals surface area (Å²) < 4.78 is 4.69. The Kier molecular flexibility index (Phi) is 6.99. The first-order chi connectivity index (χ1) is 23.0. The molecule has 0 aliphatic rings. The van der Waals surface area contributed by atoms with Crippen molar-refractivity contribution in [2.24, 2.45) is 0 Å². The van der Waals surface area contributed by atoms with E-state index in [1.807, 2.05) is 48.5 Å². The number of benzene rings is 6. The average molecular weight is 611 g/mol. The molecule has 2 heterocycles. The lowest BCUT2D eigenvalue weighted by Crippen LogP contribution is -1.97. The van der Waals surface area contributed by atoms with Gasteiger partial charge in [0.05, 0.1) is 0 Å². The van der Waals surface area contributed by atoms with E-state index >= 15 is 0 Å². The lowest BCUT2D eigenvalue weighted by Gasteiger charge is -2.07. The molecular formula is C43H34N2O2. The minimum atomic E-state index is -0.239. The van der Waals surface area contributed by atoms with Crippen LogP contribution >= 0.6 is 0 Å². The number of carbonyl (C=O) groups is 1. The van der Waals surface area contributed by atoms with Crippen LogP contribution in [0, 0.1) is 0 Å². The van der Waals surface area contributed by atoms with Crippen molar-refractivity contribution in [2.75, 3.05) is 0 Å². The number of ketones is 1. The van der Waals surface area contributed by atoms with Crippen LogP contribution in [0.4, 0.5) is 0 Å². The van der Waals surface area contributed by atoms with E-state index in [4.69, 9.17) is 0 Å². The van der Waals surface area contributed by atoms with Gasteiger partial charge in [0, 0.05) is 73.9 Å². The molecule has 0 aliphatic heterocycles. The number of carbonyl (C=O) groups excluding carboxylic acids is 1. The van der Waals surface area contributed by atoms with Gasteiger partial charge in [-0.15, -0.1) is 0 Å². The topological polar surface area (TPSA) is 47.2 Å². The Morgan fingerprint density at radius 1 is 0.511 bits per heavy atom. The van der Waals surface area contributed by atoms with E-state index in [9.17, 15) is 9.90 Å². The normalized spacial score (nSPS) is 12.1. The van der Waals surface area contributed by atoms with E-state index in [1.54, 1.807) is 0 Å². The van der Waals surface area contributed by atoms with Gasteiger partial charge in [-0.25, -0.2) is 0 Å². The highest BCUT2D eigenvalue weighted by Crippen LogP contribution is 2.34. The number of aliphatic hydroxyl groups excluding tert-OH is 1. The zero-order valence-electron chi connectivity index (χ0n) is 26.4. The molecule has 0 bridgehead atoms. The first-order valence-corrected chi connectivity index (χ1v) is 16.2. The molecule has 0 aliphatic carbocycles. The number of para-hydroxylation sites is 2. The molecule has 2 aromatic heterocycles. The summed E-state index contributed by atoms with van der Waals surface area (Å²) in [6.07, 6.45) is 1.31. The molecule has 0 saturated heterocycles. The lowest BCUT2D eigenvalue weighted by atomic mass is 9.99. The fourth-order valence-electron chi connectivity index (χ4n) is 7.10. The average Bonchev–Trinajstić information content (AvgIpc) is 3.63. The number of aliphatic hydroxyl groups is 1. The third kappa shape index (κ3) is 4.81. The van der Waals surface area contributed by atoms with Crippen LogP contribution in [0.3, 0.4) is 0 Å². The number of fused-ring (bicyclic) bond motifs is 6. The molecule has 6 aromatic carbocycles. The first-order valence-electron chi connectivity index (χ1n) is 16.2. The molecule has 8 rings (SSSR count). The van der Waals surface area contributed by atoms with E-state index in [-0.39, 0.29) is 11.5 Å². The van der Waals surface area contributed by atoms with Crippen LogP contribution < -0.4 is 0 Å². The highest BCUT2D eigenvalue weighted by atomic mass is 16.3. The zero-order chi connectivity index (χ0) is 32.1. The molecule has 0 radical (unpaired) electrons. The predicted octanol–water partition coefficient (Wildman–Crippen LogP) is 11.1. The number of allylic oxidation sites excluding steroid dienone is 1. The zero-order valence-corrected chi connectivity index (χ0v) is 26.4. The quantitative estimate of drug-likeness (QED) is 0.111. The molecule has 0 fully saturated rings. The molecule has 0 amide bonds. The van der Waals surface area contributed by atoms with Crippen molar-refractivity contribution in [3.8, 4) is 22.3 Å². The van der Waals surface area contributed by atoms with Crippen LogP contribution in [-0.4, -0.2) is 20.0 Å². The third-order valence-electron chi connectivity index (χ3n) is 9.46. The monoisotopic (exact) mass is 610 g/mol. The summed E-state index contributed by atoms with van der Waals surface area (Å²) in [6, 6.07) is 45.5. The van der Waals surface area contributed by atoms with Gasteiger partial charge in [-0.3, -0.25) is 4.79 Å². The highest BCUT2D eigenvalue weighted by molar-refractivity contribution is 6.11. The summed E-state index contributed by atoms with van der Waals surface area (Å²) in [7, 11) is 0. The van der Waals surface area contributed by atoms with Gasteiger partial charge in [0.15, 0.2) is 5.78 Å². The molecule has 4 heteroatoms. The highest BCUT2D eigenvalue weighted by Gasteiger charge is 2.13. The lowest BCUT2D eigenvalue weighted by molar-refractivity contribution is 0.104. The third-order valence-corrected chi connectivity index (χ3v) is 9.46. The molecule has 4 nitrogen and oxygen atoms in total. The van der Waals surface area contributed by atoms with E-state index in [2.05, 4.69) is 108 Å². The maximum absolute atomic E-state index is 13.1. The summed E-state index contributed by atoms with van der Waals surface area (Å²) in [5.74, 6) is -0.290. The van der Waals surface area contributed by atoms with Crippen molar-refractivity contribution >= 4 is 55.2 Å². The van der Waals surface area contributed by atoms with E-state index in [1.165, 1.54) is 49.7 Å². The standard InChI is InChI=1S/C43H34N2O2/c1-3-44-38-11-7-5-9-34(38)36-25-32(21-23-40(36)44)28-13-17-30(18-14-28)42(46)27-43(47)31-19-15-29(16-20-31)33-22-24-41-37(26-33)35-10-6-8-12-39(35)45(41)4-2/h5-27,46H,3-4H2,1-2H3.